The maximum absolute atomic E-state index is 12.7. The van der Waals surface area contributed by atoms with Gasteiger partial charge in [-0.05, 0) is 60.9 Å². The molecule has 0 bridgehead atoms. The molecule has 0 unspecified atom stereocenters. The van der Waals surface area contributed by atoms with Gasteiger partial charge in [-0.15, -0.1) is 0 Å². The lowest BCUT2D eigenvalue weighted by Crippen LogP contribution is -2.23. The quantitative estimate of drug-likeness (QED) is 0.616. The van der Waals surface area contributed by atoms with Gasteiger partial charge in [0.1, 0.15) is 0 Å². The molecule has 3 aromatic carbocycles. The fourth-order valence-electron chi connectivity index (χ4n) is 2.70. The lowest BCUT2D eigenvalue weighted by molar-refractivity contribution is 0.0952. The van der Waals surface area contributed by atoms with E-state index in [-0.39, 0.29) is 5.91 Å². The summed E-state index contributed by atoms with van der Waals surface area (Å²) in [5.41, 5.74) is 5.78. The third kappa shape index (κ3) is 4.24. The lowest BCUT2D eigenvalue weighted by Gasteiger charge is -2.15. The van der Waals surface area contributed by atoms with Crippen molar-refractivity contribution in [1.29, 1.82) is 0 Å². The molecule has 2 N–H and O–H groups in total. The molecular formula is C22H21ClN2O. The van der Waals surface area contributed by atoms with E-state index in [1.54, 1.807) is 0 Å². The molecule has 0 aromatic heterocycles. The van der Waals surface area contributed by atoms with Gasteiger partial charge >= 0.3 is 0 Å². The van der Waals surface area contributed by atoms with Crippen LogP contribution in [-0.2, 0) is 6.54 Å². The van der Waals surface area contributed by atoms with E-state index in [1.165, 1.54) is 11.1 Å². The highest BCUT2D eigenvalue weighted by atomic mass is 35.5. The van der Waals surface area contributed by atoms with Crippen LogP contribution in [0.5, 0.6) is 0 Å². The summed E-state index contributed by atoms with van der Waals surface area (Å²) in [5.74, 6) is -0.117. The van der Waals surface area contributed by atoms with Crippen LogP contribution in [-0.4, -0.2) is 5.91 Å². The summed E-state index contributed by atoms with van der Waals surface area (Å²) in [5, 5.41) is 7.04. The number of halogens is 1. The Balaban J connectivity index is 1.76. The lowest BCUT2D eigenvalue weighted by atomic mass is 10.1. The van der Waals surface area contributed by atoms with Crippen LogP contribution in [0.2, 0.25) is 5.02 Å². The third-order valence-electron chi connectivity index (χ3n) is 4.41. The molecular weight excluding hydrogens is 344 g/mol. The second-order valence-corrected chi connectivity index (χ2v) is 6.66. The number of anilines is 2. The summed E-state index contributed by atoms with van der Waals surface area (Å²) in [4.78, 5) is 12.7. The van der Waals surface area contributed by atoms with E-state index >= 15 is 0 Å². The van der Waals surface area contributed by atoms with Gasteiger partial charge in [-0.25, -0.2) is 0 Å². The van der Waals surface area contributed by atoms with Crippen molar-refractivity contribution >= 4 is 28.9 Å². The highest BCUT2D eigenvalue weighted by molar-refractivity contribution is 6.30. The summed E-state index contributed by atoms with van der Waals surface area (Å²) >= 11 is 5.90. The number of carbonyl (C=O) groups is 1. The SMILES string of the molecule is Cc1cccc(Nc2ccccc2C(=O)NCc2ccc(Cl)cc2)c1C. The summed E-state index contributed by atoms with van der Waals surface area (Å²) in [6, 6.07) is 21.1. The molecule has 3 aromatic rings. The number of amides is 1. The smallest absolute Gasteiger partial charge is 0.253 e. The largest absolute Gasteiger partial charge is 0.355 e. The predicted molar refractivity (Wildman–Crippen MR) is 108 cm³/mol. The molecule has 0 atom stereocenters. The number of para-hydroxylation sites is 1. The van der Waals surface area contributed by atoms with Gasteiger partial charge in [0.2, 0.25) is 0 Å². The van der Waals surface area contributed by atoms with Crippen LogP contribution < -0.4 is 10.6 Å². The average Bonchev–Trinajstić information content (AvgIpc) is 2.65. The topological polar surface area (TPSA) is 41.1 Å². The van der Waals surface area contributed by atoms with Crippen LogP contribution in [0.15, 0.2) is 66.7 Å². The molecule has 0 spiro atoms. The van der Waals surface area contributed by atoms with Gasteiger partial charge in [0.05, 0.1) is 11.3 Å². The maximum atomic E-state index is 12.7. The minimum Gasteiger partial charge on any atom is -0.355 e. The van der Waals surface area contributed by atoms with Crippen molar-refractivity contribution in [1.82, 2.24) is 5.32 Å². The molecule has 3 rings (SSSR count). The first kappa shape index (κ1) is 18.0. The Morgan fingerprint density at radius 2 is 1.58 bits per heavy atom. The Hall–Kier alpha value is -2.78. The van der Waals surface area contributed by atoms with Crippen LogP contribution in [0, 0.1) is 13.8 Å². The first-order valence-corrected chi connectivity index (χ1v) is 8.87. The maximum Gasteiger partial charge on any atom is 0.253 e. The van der Waals surface area contributed by atoms with Gasteiger partial charge in [0, 0.05) is 17.3 Å². The van der Waals surface area contributed by atoms with Crippen LogP contribution in [0.4, 0.5) is 11.4 Å². The van der Waals surface area contributed by atoms with Crippen LogP contribution in [0.25, 0.3) is 0 Å². The zero-order valence-corrected chi connectivity index (χ0v) is 15.6. The van der Waals surface area contributed by atoms with Gasteiger partial charge in [-0.3, -0.25) is 4.79 Å². The van der Waals surface area contributed by atoms with Gasteiger partial charge in [0.25, 0.3) is 5.91 Å². The normalized spacial score (nSPS) is 10.4. The minimum atomic E-state index is -0.117. The molecule has 0 heterocycles. The molecule has 3 nitrogen and oxygen atoms in total. The average molecular weight is 365 g/mol. The van der Waals surface area contributed by atoms with Gasteiger partial charge in [0.15, 0.2) is 0 Å². The van der Waals surface area contributed by atoms with E-state index in [2.05, 4.69) is 30.5 Å². The van der Waals surface area contributed by atoms with Crippen molar-refractivity contribution in [2.24, 2.45) is 0 Å². The van der Waals surface area contributed by atoms with Gasteiger partial charge < -0.3 is 10.6 Å². The number of hydrogen-bond acceptors (Lipinski definition) is 2. The number of carbonyl (C=O) groups excluding carboxylic acids is 1. The van der Waals surface area contributed by atoms with E-state index in [1.807, 2.05) is 60.7 Å². The Kier molecular flexibility index (Phi) is 5.59. The molecule has 0 saturated heterocycles. The monoisotopic (exact) mass is 364 g/mol. The molecule has 132 valence electrons. The summed E-state index contributed by atoms with van der Waals surface area (Å²) in [7, 11) is 0. The number of benzene rings is 3. The van der Waals surface area contributed by atoms with E-state index in [4.69, 9.17) is 11.6 Å². The second kappa shape index (κ2) is 8.07. The van der Waals surface area contributed by atoms with Crippen molar-refractivity contribution in [2.75, 3.05) is 5.32 Å². The Morgan fingerprint density at radius 1 is 0.885 bits per heavy atom. The van der Waals surface area contributed by atoms with Gasteiger partial charge in [-0.1, -0.05) is 48.0 Å². The highest BCUT2D eigenvalue weighted by Gasteiger charge is 2.12. The van der Waals surface area contributed by atoms with Crippen molar-refractivity contribution in [3.63, 3.8) is 0 Å². The Morgan fingerprint density at radius 3 is 2.35 bits per heavy atom. The first-order valence-electron chi connectivity index (χ1n) is 8.49. The molecule has 4 heteroatoms. The van der Waals surface area contributed by atoms with E-state index in [0.29, 0.717) is 17.1 Å². The van der Waals surface area contributed by atoms with Crippen molar-refractivity contribution in [3.05, 3.63) is 94.0 Å². The van der Waals surface area contributed by atoms with E-state index in [0.717, 1.165) is 16.9 Å². The minimum absolute atomic E-state index is 0.117. The van der Waals surface area contributed by atoms with E-state index in [9.17, 15) is 4.79 Å². The van der Waals surface area contributed by atoms with Crippen molar-refractivity contribution < 1.29 is 4.79 Å². The molecule has 26 heavy (non-hydrogen) atoms. The number of hydrogen-bond donors (Lipinski definition) is 2. The molecule has 0 fully saturated rings. The fraction of sp³-hybridized carbons (Fsp3) is 0.136. The van der Waals surface area contributed by atoms with Crippen molar-refractivity contribution in [2.45, 2.75) is 20.4 Å². The second-order valence-electron chi connectivity index (χ2n) is 6.23. The molecule has 0 saturated carbocycles. The number of rotatable bonds is 5. The van der Waals surface area contributed by atoms with Crippen LogP contribution in [0.3, 0.4) is 0 Å². The molecule has 1 amide bonds. The van der Waals surface area contributed by atoms with Crippen LogP contribution >= 0.6 is 11.6 Å². The number of nitrogens with one attached hydrogen (secondary N) is 2. The molecule has 0 aliphatic rings. The highest BCUT2D eigenvalue weighted by Crippen LogP contribution is 2.25. The number of aryl methyl sites for hydroxylation is 1. The van der Waals surface area contributed by atoms with Gasteiger partial charge in [-0.2, -0.15) is 0 Å². The van der Waals surface area contributed by atoms with Crippen molar-refractivity contribution in [3.8, 4) is 0 Å². The summed E-state index contributed by atoms with van der Waals surface area (Å²) < 4.78 is 0. The molecule has 0 aliphatic carbocycles. The zero-order valence-electron chi connectivity index (χ0n) is 14.8. The summed E-state index contributed by atoms with van der Waals surface area (Å²) in [6.07, 6.45) is 0. The predicted octanol–water partition coefficient (Wildman–Crippen LogP) is 5.63. The molecule has 0 aliphatic heterocycles. The molecule has 0 radical (unpaired) electrons. The van der Waals surface area contributed by atoms with Crippen LogP contribution in [0.1, 0.15) is 27.0 Å². The Bertz CT molecular complexity index is 920. The zero-order chi connectivity index (χ0) is 18.5. The first-order chi connectivity index (χ1) is 12.5. The fourth-order valence-corrected chi connectivity index (χ4v) is 2.83. The standard InChI is InChI=1S/C22H21ClN2O/c1-15-6-5-9-20(16(15)2)25-21-8-4-3-7-19(21)22(26)24-14-17-10-12-18(23)13-11-17/h3-13,25H,14H2,1-2H3,(H,24,26). The Labute approximate surface area is 159 Å². The summed E-state index contributed by atoms with van der Waals surface area (Å²) in [6.45, 7) is 4.60. The third-order valence-corrected chi connectivity index (χ3v) is 4.66. The van der Waals surface area contributed by atoms with E-state index < -0.39 is 0 Å².